The Bertz CT molecular complexity index is 742. The highest BCUT2D eigenvalue weighted by Gasteiger charge is 2.08. The van der Waals surface area contributed by atoms with Crippen molar-refractivity contribution in [3.63, 3.8) is 0 Å². The minimum Gasteiger partial charge on any atom is -0.326 e. The van der Waals surface area contributed by atoms with Gasteiger partial charge in [-0.3, -0.25) is 9.59 Å². The Hall–Kier alpha value is -2.18. The number of hydrazone groups is 1. The average molecular weight is 350 g/mol. The van der Waals surface area contributed by atoms with E-state index in [1.165, 1.54) is 11.3 Å². The molecule has 2 amide bonds. The SMILES string of the molecule is CC(CC(=O)Nc1ccc(C)c(Cl)c1)=NNC(=O)c1cccs1. The van der Waals surface area contributed by atoms with Gasteiger partial charge >= 0.3 is 0 Å². The zero-order valence-electron chi connectivity index (χ0n) is 12.7. The quantitative estimate of drug-likeness (QED) is 0.636. The lowest BCUT2D eigenvalue weighted by molar-refractivity contribution is -0.115. The Morgan fingerprint density at radius 3 is 2.74 bits per heavy atom. The summed E-state index contributed by atoms with van der Waals surface area (Å²) in [6, 6.07) is 8.80. The Morgan fingerprint density at radius 2 is 2.09 bits per heavy atom. The predicted octanol–water partition coefficient (Wildman–Crippen LogP) is 3.84. The van der Waals surface area contributed by atoms with E-state index in [4.69, 9.17) is 11.6 Å². The third kappa shape index (κ3) is 5.19. The van der Waals surface area contributed by atoms with Crippen LogP contribution in [-0.2, 0) is 4.79 Å². The van der Waals surface area contributed by atoms with Crippen LogP contribution in [0.5, 0.6) is 0 Å². The van der Waals surface area contributed by atoms with Crippen molar-refractivity contribution < 1.29 is 9.59 Å². The zero-order chi connectivity index (χ0) is 16.8. The third-order valence-electron chi connectivity index (χ3n) is 2.97. The highest BCUT2D eigenvalue weighted by Crippen LogP contribution is 2.20. The number of carbonyl (C=O) groups excluding carboxylic acids is 2. The average Bonchev–Trinajstić information content (AvgIpc) is 3.03. The summed E-state index contributed by atoms with van der Waals surface area (Å²) >= 11 is 7.34. The molecule has 0 aliphatic heterocycles. The fourth-order valence-electron chi connectivity index (χ4n) is 1.76. The maximum atomic E-state index is 11.9. The molecular formula is C16H16ClN3O2S. The van der Waals surface area contributed by atoms with Crippen molar-refractivity contribution in [1.29, 1.82) is 0 Å². The van der Waals surface area contributed by atoms with E-state index in [-0.39, 0.29) is 18.2 Å². The molecule has 0 aliphatic rings. The molecule has 0 saturated heterocycles. The number of hydrogen-bond acceptors (Lipinski definition) is 4. The second-order valence-electron chi connectivity index (χ2n) is 4.95. The molecule has 0 aliphatic carbocycles. The summed E-state index contributed by atoms with van der Waals surface area (Å²) < 4.78 is 0. The molecule has 0 fully saturated rings. The number of nitrogens with one attached hydrogen (secondary N) is 2. The van der Waals surface area contributed by atoms with Gasteiger partial charge in [0.1, 0.15) is 0 Å². The lowest BCUT2D eigenvalue weighted by atomic mass is 10.2. The molecule has 1 aromatic carbocycles. The van der Waals surface area contributed by atoms with Gasteiger partial charge in [0, 0.05) is 16.4 Å². The van der Waals surface area contributed by atoms with E-state index in [1.54, 1.807) is 31.2 Å². The Balaban J connectivity index is 1.87. The van der Waals surface area contributed by atoms with Crippen LogP contribution in [0.2, 0.25) is 5.02 Å². The maximum absolute atomic E-state index is 11.9. The number of amides is 2. The molecule has 2 rings (SSSR count). The largest absolute Gasteiger partial charge is 0.326 e. The summed E-state index contributed by atoms with van der Waals surface area (Å²) in [4.78, 5) is 24.2. The molecular weight excluding hydrogens is 334 g/mol. The van der Waals surface area contributed by atoms with Gasteiger partial charge in [-0.25, -0.2) is 5.43 Å². The van der Waals surface area contributed by atoms with Crippen LogP contribution in [0.1, 0.15) is 28.6 Å². The van der Waals surface area contributed by atoms with Crippen LogP contribution < -0.4 is 10.7 Å². The van der Waals surface area contributed by atoms with Gasteiger partial charge in [0.15, 0.2) is 0 Å². The number of carbonyl (C=O) groups is 2. The van der Waals surface area contributed by atoms with Crippen molar-refractivity contribution in [3.05, 3.63) is 51.2 Å². The lowest BCUT2D eigenvalue weighted by Gasteiger charge is -2.07. The van der Waals surface area contributed by atoms with Gasteiger partial charge in [-0.1, -0.05) is 23.7 Å². The molecule has 0 bridgehead atoms. The van der Waals surface area contributed by atoms with Crippen LogP contribution in [0.25, 0.3) is 0 Å². The van der Waals surface area contributed by atoms with Crippen LogP contribution in [0.3, 0.4) is 0 Å². The van der Waals surface area contributed by atoms with Crippen LogP contribution in [0, 0.1) is 6.92 Å². The minimum absolute atomic E-state index is 0.0796. The van der Waals surface area contributed by atoms with Gasteiger partial charge in [0.25, 0.3) is 5.91 Å². The number of thiophene rings is 1. The van der Waals surface area contributed by atoms with Gasteiger partial charge in [-0.15, -0.1) is 11.3 Å². The number of anilines is 1. The summed E-state index contributed by atoms with van der Waals surface area (Å²) in [5.74, 6) is -0.512. The first-order valence-corrected chi connectivity index (χ1v) is 8.14. The first-order valence-electron chi connectivity index (χ1n) is 6.88. The summed E-state index contributed by atoms with van der Waals surface area (Å²) in [5.41, 5.74) is 4.50. The highest BCUT2D eigenvalue weighted by atomic mass is 35.5. The Kier molecular flexibility index (Phi) is 5.90. The maximum Gasteiger partial charge on any atom is 0.281 e. The summed E-state index contributed by atoms with van der Waals surface area (Å²) in [5, 5.41) is 9.08. The van der Waals surface area contributed by atoms with Crippen molar-refractivity contribution in [2.45, 2.75) is 20.3 Å². The summed E-state index contributed by atoms with van der Waals surface area (Å²) in [7, 11) is 0. The van der Waals surface area contributed by atoms with Crippen LogP contribution in [0.15, 0.2) is 40.8 Å². The van der Waals surface area contributed by atoms with Gasteiger partial charge in [-0.2, -0.15) is 5.10 Å². The summed E-state index contributed by atoms with van der Waals surface area (Å²) in [6.07, 6.45) is 0.0796. The summed E-state index contributed by atoms with van der Waals surface area (Å²) in [6.45, 7) is 3.57. The van der Waals surface area contributed by atoms with Crippen LogP contribution in [-0.4, -0.2) is 17.5 Å². The second-order valence-corrected chi connectivity index (χ2v) is 6.31. The zero-order valence-corrected chi connectivity index (χ0v) is 14.3. The number of halogens is 1. The van der Waals surface area contributed by atoms with E-state index >= 15 is 0 Å². The van der Waals surface area contributed by atoms with Crippen LogP contribution >= 0.6 is 22.9 Å². The molecule has 2 aromatic rings. The minimum atomic E-state index is -0.287. The van der Waals surface area contributed by atoms with Crippen molar-refractivity contribution in [3.8, 4) is 0 Å². The second kappa shape index (κ2) is 7.89. The monoisotopic (exact) mass is 349 g/mol. The molecule has 120 valence electrons. The van der Waals surface area contributed by atoms with E-state index in [0.717, 1.165) is 5.56 Å². The lowest BCUT2D eigenvalue weighted by Crippen LogP contribution is -2.20. The fraction of sp³-hybridized carbons (Fsp3) is 0.188. The fourth-order valence-corrected chi connectivity index (χ4v) is 2.55. The highest BCUT2D eigenvalue weighted by molar-refractivity contribution is 7.12. The molecule has 0 saturated carbocycles. The standard InChI is InChI=1S/C16H16ClN3O2S/c1-10-5-6-12(9-13(10)17)18-15(21)8-11(2)19-20-16(22)14-4-3-7-23-14/h3-7,9H,8H2,1-2H3,(H,18,21)(H,20,22). The Morgan fingerprint density at radius 1 is 1.30 bits per heavy atom. The van der Waals surface area contributed by atoms with Crippen molar-refractivity contribution >= 4 is 46.2 Å². The van der Waals surface area contributed by atoms with Gasteiger partial charge in [0.05, 0.1) is 11.3 Å². The smallest absolute Gasteiger partial charge is 0.281 e. The van der Waals surface area contributed by atoms with Crippen molar-refractivity contribution in [2.75, 3.05) is 5.32 Å². The van der Waals surface area contributed by atoms with E-state index in [9.17, 15) is 9.59 Å². The number of nitrogens with zero attached hydrogens (tertiary/aromatic N) is 1. The van der Waals surface area contributed by atoms with E-state index in [1.807, 2.05) is 18.4 Å². The van der Waals surface area contributed by atoms with Gasteiger partial charge in [0.2, 0.25) is 5.91 Å². The number of hydrogen-bond donors (Lipinski definition) is 2. The normalized spacial score (nSPS) is 11.2. The number of rotatable bonds is 5. The molecule has 7 heteroatoms. The molecule has 0 unspecified atom stereocenters. The number of aryl methyl sites for hydroxylation is 1. The molecule has 1 aromatic heterocycles. The van der Waals surface area contributed by atoms with E-state index < -0.39 is 0 Å². The molecule has 0 radical (unpaired) electrons. The molecule has 5 nitrogen and oxygen atoms in total. The molecule has 2 N–H and O–H groups in total. The van der Waals surface area contributed by atoms with Crippen molar-refractivity contribution in [2.24, 2.45) is 5.10 Å². The van der Waals surface area contributed by atoms with Crippen LogP contribution in [0.4, 0.5) is 5.69 Å². The number of benzene rings is 1. The van der Waals surface area contributed by atoms with Gasteiger partial charge < -0.3 is 5.32 Å². The topological polar surface area (TPSA) is 70.6 Å². The van der Waals surface area contributed by atoms with E-state index in [2.05, 4.69) is 15.8 Å². The molecule has 1 heterocycles. The third-order valence-corrected chi connectivity index (χ3v) is 4.24. The van der Waals surface area contributed by atoms with Crippen molar-refractivity contribution in [1.82, 2.24) is 5.43 Å². The molecule has 23 heavy (non-hydrogen) atoms. The first-order chi connectivity index (χ1) is 11.0. The first kappa shape index (κ1) is 17.2. The molecule has 0 spiro atoms. The van der Waals surface area contributed by atoms with E-state index in [0.29, 0.717) is 21.3 Å². The van der Waals surface area contributed by atoms with Gasteiger partial charge in [-0.05, 0) is 43.0 Å². The predicted molar refractivity (Wildman–Crippen MR) is 94.3 cm³/mol. The molecule has 0 atom stereocenters. The Labute approximate surface area is 143 Å².